The fourth-order valence-electron chi connectivity index (χ4n) is 0.951. The third-order valence-corrected chi connectivity index (χ3v) is 3.83. The first-order valence-corrected chi connectivity index (χ1v) is 8.18. The molecule has 1 rings (SSSR count). The first-order chi connectivity index (χ1) is 7.34. The van der Waals surface area contributed by atoms with E-state index in [9.17, 15) is 4.79 Å². The van der Waals surface area contributed by atoms with Crippen LogP contribution < -0.4 is 5.19 Å². The highest BCUT2D eigenvalue weighted by molar-refractivity contribution is 6.70. The summed E-state index contributed by atoms with van der Waals surface area (Å²) in [5.74, 6) is -0.935. The summed E-state index contributed by atoms with van der Waals surface area (Å²) < 4.78 is 0. The molecule has 0 amide bonds. The second-order valence-corrected chi connectivity index (χ2v) is 7.13. The van der Waals surface area contributed by atoms with E-state index in [1.54, 1.807) is 5.19 Å². The molecular formula is C13H22O3Si. The Labute approximate surface area is 105 Å². The summed E-state index contributed by atoms with van der Waals surface area (Å²) in [6.07, 6.45) is 0. The van der Waals surface area contributed by atoms with Crippen molar-refractivity contribution in [2.75, 3.05) is 0 Å². The molecule has 0 fully saturated rings. The van der Waals surface area contributed by atoms with E-state index in [-0.39, 0.29) is 11.0 Å². The van der Waals surface area contributed by atoms with E-state index in [0.29, 0.717) is 0 Å². The lowest BCUT2D eigenvalue weighted by molar-refractivity contribution is -0.132. The Morgan fingerprint density at radius 1 is 1.24 bits per heavy atom. The molecule has 0 aliphatic rings. The van der Waals surface area contributed by atoms with Gasteiger partial charge in [0.2, 0.25) is 0 Å². The van der Waals surface area contributed by atoms with Crippen molar-refractivity contribution in [1.82, 2.24) is 0 Å². The van der Waals surface area contributed by atoms with Crippen molar-refractivity contribution in [1.29, 1.82) is 0 Å². The molecule has 3 N–H and O–H groups in total. The summed E-state index contributed by atoms with van der Waals surface area (Å²) >= 11 is 0. The van der Waals surface area contributed by atoms with Gasteiger partial charge in [-0.1, -0.05) is 54.7 Å². The predicted octanol–water partition coefficient (Wildman–Crippen LogP) is 1.51. The van der Waals surface area contributed by atoms with Gasteiger partial charge in [0.15, 0.2) is 0 Å². The van der Waals surface area contributed by atoms with Gasteiger partial charge in [0.1, 0.15) is 0 Å². The average molecular weight is 254 g/mol. The molecular weight excluding hydrogens is 232 g/mol. The predicted molar refractivity (Wildman–Crippen MR) is 75.8 cm³/mol. The molecule has 0 radical (unpaired) electrons. The molecule has 1 aromatic rings. The van der Waals surface area contributed by atoms with E-state index in [1.165, 1.54) is 12.5 Å². The Morgan fingerprint density at radius 2 is 1.59 bits per heavy atom. The maximum absolute atomic E-state index is 9.60. The fourth-order valence-corrected chi connectivity index (χ4v) is 1.91. The summed E-state index contributed by atoms with van der Waals surface area (Å²) in [7, 11) is -0.549. The zero-order valence-corrected chi connectivity index (χ0v) is 12.1. The van der Waals surface area contributed by atoms with E-state index in [1.807, 2.05) is 0 Å². The Hall–Kier alpha value is -1.39. The van der Waals surface area contributed by atoms with Crippen molar-refractivity contribution in [3.8, 4) is 0 Å². The molecule has 0 aromatic heterocycles. The standard InChI is InChI=1S/C9H14Si.C4H6O2.H2O/c1-8-4-6-9(7-5-8)10(2)3;1-3(2)4(5)6;/h4-7,10H,1-3H3;1H2,2H3,(H,5,6);1H2. The number of carboxylic acids is 1. The highest BCUT2D eigenvalue weighted by Crippen LogP contribution is 1.94. The number of benzene rings is 1. The Bertz CT molecular complexity index is 343. The first-order valence-electron chi connectivity index (χ1n) is 5.30. The lowest BCUT2D eigenvalue weighted by atomic mass is 10.2. The van der Waals surface area contributed by atoms with E-state index < -0.39 is 14.8 Å². The molecule has 4 heteroatoms. The normalized spacial score (nSPS) is 8.76. The first kappa shape index (κ1) is 18.0. The monoisotopic (exact) mass is 254 g/mol. The third-order valence-electron chi connectivity index (χ3n) is 2.11. The molecule has 0 saturated heterocycles. The van der Waals surface area contributed by atoms with E-state index in [0.717, 1.165) is 0 Å². The zero-order valence-electron chi connectivity index (χ0n) is 10.9. The summed E-state index contributed by atoms with van der Waals surface area (Å²) in [6, 6.07) is 8.91. The van der Waals surface area contributed by atoms with Crippen molar-refractivity contribution in [3.05, 3.63) is 42.0 Å². The van der Waals surface area contributed by atoms with Crippen molar-refractivity contribution in [3.63, 3.8) is 0 Å². The number of carboxylic acid groups (broad SMARTS) is 1. The maximum Gasteiger partial charge on any atom is 0.330 e. The van der Waals surface area contributed by atoms with Crippen LogP contribution in [0.3, 0.4) is 0 Å². The van der Waals surface area contributed by atoms with Crippen molar-refractivity contribution in [2.24, 2.45) is 0 Å². The number of hydrogen-bond acceptors (Lipinski definition) is 1. The smallest absolute Gasteiger partial charge is 0.330 e. The van der Waals surface area contributed by atoms with Gasteiger partial charge in [-0.15, -0.1) is 0 Å². The Morgan fingerprint density at radius 3 is 1.82 bits per heavy atom. The van der Waals surface area contributed by atoms with Gasteiger partial charge >= 0.3 is 5.97 Å². The highest BCUT2D eigenvalue weighted by Gasteiger charge is 1.97. The van der Waals surface area contributed by atoms with Gasteiger partial charge in [0.05, 0.1) is 8.80 Å². The van der Waals surface area contributed by atoms with Crippen LogP contribution in [0.4, 0.5) is 0 Å². The molecule has 0 bridgehead atoms. The molecule has 3 nitrogen and oxygen atoms in total. The van der Waals surface area contributed by atoms with Gasteiger partial charge in [-0.2, -0.15) is 0 Å². The zero-order chi connectivity index (χ0) is 12.7. The number of rotatable bonds is 2. The number of hydrogen-bond donors (Lipinski definition) is 1. The fraction of sp³-hybridized carbons (Fsp3) is 0.308. The number of aryl methyl sites for hydroxylation is 1. The third kappa shape index (κ3) is 8.42. The van der Waals surface area contributed by atoms with Gasteiger partial charge < -0.3 is 10.6 Å². The van der Waals surface area contributed by atoms with Gasteiger partial charge in [-0.25, -0.2) is 4.79 Å². The average Bonchev–Trinajstić information content (AvgIpc) is 2.19. The van der Waals surface area contributed by atoms with Gasteiger partial charge in [0.25, 0.3) is 0 Å². The lowest BCUT2D eigenvalue weighted by Gasteiger charge is -2.02. The molecule has 17 heavy (non-hydrogen) atoms. The van der Waals surface area contributed by atoms with E-state index in [2.05, 4.69) is 50.9 Å². The minimum Gasteiger partial charge on any atom is -0.478 e. The largest absolute Gasteiger partial charge is 0.478 e. The molecule has 0 aliphatic heterocycles. The van der Waals surface area contributed by atoms with Gasteiger partial charge in [-0.3, -0.25) is 0 Å². The van der Waals surface area contributed by atoms with Crippen LogP contribution in [0.1, 0.15) is 12.5 Å². The minimum atomic E-state index is -0.935. The van der Waals surface area contributed by atoms with E-state index in [4.69, 9.17) is 5.11 Å². The van der Waals surface area contributed by atoms with Gasteiger partial charge in [0, 0.05) is 5.57 Å². The quantitative estimate of drug-likeness (QED) is 0.642. The second kappa shape index (κ2) is 8.72. The molecule has 96 valence electrons. The maximum atomic E-state index is 9.60. The highest BCUT2D eigenvalue weighted by atomic mass is 28.3. The van der Waals surface area contributed by atoms with Crippen LogP contribution in [-0.2, 0) is 4.79 Å². The van der Waals surface area contributed by atoms with Crippen LogP contribution in [0.5, 0.6) is 0 Å². The van der Waals surface area contributed by atoms with Crippen LogP contribution in [0.25, 0.3) is 0 Å². The molecule has 0 unspecified atom stereocenters. The minimum absolute atomic E-state index is 0. The summed E-state index contributed by atoms with van der Waals surface area (Å²) in [5.41, 5.74) is 1.54. The van der Waals surface area contributed by atoms with Gasteiger partial charge in [-0.05, 0) is 13.8 Å². The number of carbonyl (C=O) groups is 1. The van der Waals surface area contributed by atoms with Crippen LogP contribution in [-0.4, -0.2) is 25.3 Å². The molecule has 0 saturated carbocycles. The summed E-state index contributed by atoms with van der Waals surface area (Å²) in [4.78, 5) is 9.60. The van der Waals surface area contributed by atoms with Crippen molar-refractivity contribution in [2.45, 2.75) is 26.9 Å². The molecule has 0 heterocycles. The lowest BCUT2D eigenvalue weighted by Crippen LogP contribution is -2.21. The Balaban J connectivity index is 0. The van der Waals surface area contributed by atoms with Crippen LogP contribution in [0.2, 0.25) is 13.1 Å². The summed E-state index contributed by atoms with van der Waals surface area (Å²) in [5, 5.41) is 9.45. The summed E-state index contributed by atoms with van der Waals surface area (Å²) in [6.45, 7) is 11.4. The van der Waals surface area contributed by atoms with Crippen molar-refractivity contribution < 1.29 is 15.4 Å². The van der Waals surface area contributed by atoms with Crippen LogP contribution in [0, 0.1) is 6.92 Å². The topological polar surface area (TPSA) is 68.8 Å². The second-order valence-electron chi connectivity index (χ2n) is 4.15. The van der Waals surface area contributed by atoms with Crippen LogP contribution >= 0.6 is 0 Å². The van der Waals surface area contributed by atoms with Crippen molar-refractivity contribution >= 4 is 20.0 Å². The van der Waals surface area contributed by atoms with E-state index >= 15 is 0 Å². The van der Waals surface area contributed by atoms with Crippen LogP contribution in [0.15, 0.2) is 36.4 Å². The SMILES string of the molecule is C=C(C)C(=O)O.Cc1ccc([SiH](C)C)cc1.O. The molecule has 0 aliphatic carbocycles. The molecule has 0 spiro atoms. The molecule has 1 aromatic carbocycles. The number of aliphatic carboxylic acids is 1. The Kier molecular flexibility index (Phi) is 9.23. The molecule has 0 atom stereocenters.